The lowest BCUT2D eigenvalue weighted by atomic mass is 9.94. The Bertz CT molecular complexity index is 1310. The summed E-state index contributed by atoms with van der Waals surface area (Å²) in [7, 11) is 1.33. The van der Waals surface area contributed by atoms with Gasteiger partial charge in [-0.25, -0.2) is 0 Å². The number of anilines is 1. The van der Waals surface area contributed by atoms with E-state index in [0.717, 1.165) is 28.7 Å². The molecule has 35 heavy (non-hydrogen) atoms. The molecule has 0 aromatic heterocycles. The van der Waals surface area contributed by atoms with Crippen LogP contribution in [0.1, 0.15) is 40.8 Å². The summed E-state index contributed by atoms with van der Waals surface area (Å²) in [5.41, 5.74) is 4.52. The molecule has 1 atom stereocenters. The Morgan fingerprint density at radius 3 is 2.23 bits per heavy atom. The van der Waals surface area contributed by atoms with Crippen LogP contribution in [0.3, 0.4) is 0 Å². The molecule has 3 aromatic carbocycles. The minimum atomic E-state index is -0.799. The summed E-state index contributed by atoms with van der Waals surface area (Å²) in [5.74, 6) is -2.04. The zero-order valence-corrected chi connectivity index (χ0v) is 19.9. The summed E-state index contributed by atoms with van der Waals surface area (Å²) in [6.45, 7) is 3.97. The summed E-state index contributed by atoms with van der Waals surface area (Å²) in [6, 6.07) is 20.9. The highest BCUT2D eigenvalue weighted by atomic mass is 16.5. The number of aliphatic hydroxyl groups is 1. The lowest BCUT2D eigenvalue weighted by Gasteiger charge is -2.26. The SMILES string of the molecule is CCc1ccc(/C(O)=C2/C(=O)C(=O)N(c3ccc(CC(=O)OC)cc3)C2c2cccc(C)c2)cc1. The van der Waals surface area contributed by atoms with Crippen molar-refractivity contribution in [2.75, 3.05) is 12.0 Å². The first-order chi connectivity index (χ1) is 16.8. The van der Waals surface area contributed by atoms with Crippen LogP contribution in [0, 0.1) is 6.92 Å². The highest BCUT2D eigenvalue weighted by molar-refractivity contribution is 6.51. The molecular formula is C29H27NO5. The number of ether oxygens (including phenoxy) is 1. The van der Waals surface area contributed by atoms with Crippen molar-refractivity contribution >= 4 is 29.1 Å². The highest BCUT2D eigenvalue weighted by Gasteiger charge is 2.47. The zero-order chi connectivity index (χ0) is 25.1. The molecule has 1 unspecified atom stereocenters. The number of methoxy groups -OCH3 is 1. The van der Waals surface area contributed by atoms with Gasteiger partial charge < -0.3 is 9.84 Å². The second-order valence-electron chi connectivity index (χ2n) is 8.55. The molecule has 1 amide bonds. The first kappa shape index (κ1) is 24.0. The fourth-order valence-corrected chi connectivity index (χ4v) is 4.32. The standard InChI is InChI=1S/C29H27NO5/c1-4-19-8-12-21(13-9-19)27(32)25-26(22-7-5-6-18(2)16-22)30(29(34)28(25)33)23-14-10-20(11-15-23)17-24(31)35-3/h5-16,26,32H,4,17H2,1-3H3/b27-25-. The number of aliphatic hydroxyl groups excluding tert-OH is 1. The maximum Gasteiger partial charge on any atom is 0.309 e. The predicted octanol–water partition coefficient (Wildman–Crippen LogP) is 4.90. The molecule has 178 valence electrons. The van der Waals surface area contributed by atoms with E-state index >= 15 is 0 Å². The fourth-order valence-electron chi connectivity index (χ4n) is 4.32. The monoisotopic (exact) mass is 469 g/mol. The molecule has 0 aliphatic carbocycles. The van der Waals surface area contributed by atoms with E-state index in [-0.39, 0.29) is 23.7 Å². The molecule has 1 heterocycles. The third-order valence-corrected chi connectivity index (χ3v) is 6.23. The molecule has 1 fully saturated rings. The Morgan fingerprint density at radius 1 is 0.971 bits per heavy atom. The molecule has 6 heteroatoms. The van der Waals surface area contributed by atoms with Crippen molar-refractivity contribution in [3.63, 3.8) is 0 Å². The van der Waals surface area contributed by atoms with Crippen molar-refractivity contribution in [3.05, 3.63) is 106 Å². The van der Waals surface area contributed by atoms with Crippen molar-refractivity contribution in [1.82, 2.24) is 0 Å². The van der Waals surface area contributed by atoms with Gasteiger partial charge in [0.25, 0.3) is 11.7 Å². The number of rotatable bonds is 6. The van der Waals surface area contributed by atoms with Gasteiger partial charge in [-0.2, -0.15) is 0 Å². The minimum absolute atomic E-state index is 0.0449. The molecular weight excluding hydrogens is 442 g/mol. The number of hydrogen-bond donors (Lipinski definition) is 1. The van der Waals surface area contributed by atoms with Crippen LogP contribution < -0.4 is 4.90 Å². The molecule has 0 bridgehead atoms. The molecule has 1 N–H and O–H groups in total. The number of amides is 1. The van der Waals surface area contributed by atoms with Gasteiger partial charge in [-0.3, -0.25) is 19.3 Å². The summed E-state index contributed by atoms with van der Waals surface area (Å²) >= 11 is 0. The second kappa shape index (κ2) is 9.97. The van der Waals surface area contributed by atoms with Gasteiger partial charge in [-0.15, -0.1) is 0 Å². The number of aryl methyl sites for hydroxylation is 2. The van der Waals surface area contributed by atoms with Crippen LogP contribution in [-0.4, -0.2) is 29.9 Å². The Balaban J connectivity index is 1.84. The van der Waals surface area contributed by atoms with Crippen LogP contribution in [0.2, 0.25) is 0 Å². The van der Waals surface area contributed by atoms with Crippen LogP contribution in [0.4, 0.5) is 5.69 Å². The highest BCUT2D eigenvalue weighted by Crippen LogP contribution is 2.42. The Morgan fingerprint density at radius 2 is 1.63 bits per heavy atom. The van der Waals surface area contributed by atoms with E-state index < -0.39 is 17.7 Å². The van der Waals surface area contributed by atoms with Gasteiger partial charge in [-0.05, 0) is 42.2 Å². The van der Waals surface area contributed by atoms with Crippen molar-refractivity contribution < 1.29 is 24.2 Å². The topological polar surface area (TPSA) is 83.9 Å². The van der Waals surface area contributed by atoms with E-state index in [1.54, 1.807) is 36.4 Å². The lowest BCUT2D eigenvalue weighted by molar-refractivity contribution is -0.139. The van der Waals surface area contributed by atoms with E-state index in [0.29, 0.717) is 11.3 Å². The maximum absolute atomic E-state index is 13.3. The van der Waals surface area contributed by atoms with Crippen LogP contribution in [0.5, 0.6) is 0 Å². The van der Waals surface area contributed by atoms with Crippen molar-refractivity contribution in [1.29, 1.82) is 0 Å². The van der Waals surface area contributed by atoms with Gasteiger partial charge in [0.05, 0.1) is 25.1 Å². The Hall–Kier alpha value is -4.19. The third-order valence-electron chi connectivity index (χ3n) is 6.23. The van der Waals surface area contributed by atoms with Crippen molar-refractivity contribution in [2.45, 2.75) is 32.7 Å². The molecule has 1 aliphatic rings. The average molecular weight is 470 g/mol. The van der Waals surface area contributed by atoms with Crippen LogP contribution in [-0.2, 0) is 32.0 Å². The van der Waals surface area contributed by atoms with E-state index in [1.807, 2.05) is 50.2 Å². The predicted molar refractivity (Wildman–Crippen MR) is 134 cm³/mol. The number of ketones is 1. The minimum Gasteiger partial charge on any atom is -0.507 e. The number of Topliss-reactive ketones (excluding diaryl/α,β-unsaturated/α-hetero) is 1. The van der Waals surface area contributed by atoms with Crippen LogP contribution in [0.15, 0.2) is 78.4 Å². The first-order valence-corrected chi connectivity index (χ1v) is 11.5. The summed E-state index contributed by atoms with van der Waals surface area (Å²) in [5, 5.41) is 11.2. The lowest BCUT2D eigenvalue weighted by Crippen LogP contribution is -2.29. The summed E-state index contributed by atoms with van der Waals surface area (Å²) < 4.78 is 4.72. The van der Waals surface area contributed by atoms with E-state index in [9.17, 15) is 19.5 Å². The average Bonchev–Trinajstić information content (AvgIpc) is 3.14. The molecule has 0 spiro atoms. The van der Waals surface area contributed by atoms with E-state index in [1.165, 1.54) is 12.0 Å². The molecule has 4 rings (SSSR count). The van der Waals surface area contributed by atoms with Crippen LogP contribution >= 0.6 is 0 Å². The Labute approximate surface area is 204 Å². The number of hydrogen-bond acceptors (Lipinski definition) is 5. The largest absolute Gasteiger partial charge is 0.507 e. The number of carbonyl (C=O) groups is 3. The summed E-state index contributed by atoms with van der Waals surface area (Å²) in [6.07, 6.45) is 0.950. The third kappa shape index (κ3) is 4.73. The van der Waals surface area contributed by atoms with Crippen LogP contribution in [0.25, 0.3) is 5.76 Å². The summed E-state index contributed by atoms with van der Waals surface area (Å²) in [4.78, 5) is 39.6. The van der Waals surface area contributed by atoms with Crippen molar-refractivity contribution in [3.8, 4) is 0 Å². The molecule has 1 aliphatic heterocycles. The smallest absolute Gasteiger partial charge is 0.309 e. The number of nitrogens with zero attached hydrogens (tertiary/aromatic N) is 1. The van der Waals surface area contributed by atoms with Gasteiger partial charge in [-0.1, -0.05) is 73.2 Å². The number of carbonyl (C=O) groups excluding carboxylic acids is 3. The van der Waals surface area contributed by atoms with Gasteiger partial charge in [0.1, 0.15) is 5.76 Å². The molecule has 3 aromatic rings. The first-order valence-electron chi connectivity index (χ1n) is 11.5. The van der Waals surface area contributed by atoms with Crippen molar-refractivity contribution in [2.24, 2.45) is 0 Å². The number of benzene rings is 3. The zero-order valence-electron chi connectivity index (χ0n) is 19.9. The molecule has 0 saturated carbocycles. The van der Waals surface area contributed by atoms with Gasteiger partial charge in [0.2, 0.25) is 0 Å². The molecule has 0 radical (unpaired) electrons. The quantitative estimate of drug-likeness (QED) is 0.240. The number of esters is 1. The maximum atomic E-state index is 13.3. The molecule has 1 saturated heterocycles. The normalized spacial score (nSPS) is 17.0. The fraction of sp³-hybridized carbons (Fsp3) is 0.207. The van der Waals surface area contributed by atoms with Gasteiger partial charge in [0.15, 0.2) is 0 Å². The van der Waals surface area contributed by atoms with Gasteiger partial charge >= 0.3 is 5.97 Å². The van der Waals surface area contributed by atoms with E-state index in [4.69, 9.17) is 4.74 Å². The van der Waals surface area contributed by atoms with Gasteiger partial charge in [0, 0.05) is 11.3 Å². The molecule has 6 nitrogen and oxygen atoms in total. The van der Waals surface area contributed by atoms with E-state index in [2.05, 4.69) is 0 Å². The second-order valence-corrected chi connectivity index (χ2v) is 8.55. The Kier molecular flexibility index (Phi) is 6.82.